The monoisotopic (exact) mass is 366 g/mol. The van der Waals surface area contributed by atoms with E-state index in [1.807, 2.05) is 19.1 Å². The molecule has 2 aromatic rings. The summed E-state index contributed by atoms with van der Waals surface area (Å²) in [5.74, 6) is 0.686. The first-order chi connectivity index (χ1) is 13.1. The van der Waals surface area contributed by atoms with Crippen LogP contribution in [0.1, 0.15) is 65.0 Å². The van der Waals surface area contributed by atoms with E-state index >= 15 is 0 Å². The van der Waals surface area contributed by atoms with Gasteiger partial charge in [0.25, 0.3) is 11.8 Å². The van der Waals surface area contributed by atoms with E-state index in [4.69, 9.17) is 4.42 Å². The second-order valence-electron chi connectivity index (χ2n) is 7.71. The van der Waals surface area contributed by atoms with Gasteiger partial charge in [0.15, 0.2) is 5.76 Å². The molecular formula is C22H26N2O3. The van der Waals surface area contributed by atoms with E-state index in [9.17, 15) is 9.59 Å². The van der Waals surface area contributed by atoms with Crippen LogP contribution in [0.5, 0.6) is 0 Å². The summed E-state index contributed by atoms with van der Waals surface area (Å²) in [5, 5.41) is 2.86. The van der Waals surface area contributed by atoms with Crippen molar-refractivity contribution < 1.29 is 14.0 Å². The maximum absolute atomic E-state index is 13.2. The van der Waals surface area contributed by atoms with Crippen molar-refractivity contribution in [3.8, 4) is 0 Å². The lowest BCUT2D eigenvalue weighted by Gasteiger charge is -2.44. The molecule has 1 aliphatic heterocycles. The number of piperidine rings is 1. The second kappa shape index (κ2) is 7.59. The number of anilines is 1. The Kier molecular flexibility index (Phi) is 5.01. The summed E-state index contributed by atoms with van der Waals surface area (Å²) in [4.78, 5) is 27.6. The summed E-state index contributed by atoms with van der Waals surface area (Å²) in [6.07, 6.45) is 8.66. The van der Waals surface area contributed by atoms with Crippen LogP contribution in [0.15, 0.2) is 41.0 Å². The molecule has 2 heterocycles. The lowest BCUT2D eigenvalue weighted by atomic mass is 9.78. The van der Waals surface area contributed by atoms with Crippen molar-refractivity contribution in [3.05, 3.63) is 53.5 Å². The van der Waals surface area contributed by atoms with Gasteiger partial charge in [0, 0.05) is 23.8 Å². The lowest BCUT2D eigenvalue weighted by molar-refractivity contribution is 0.0390. The Balaban J connectivity index is 1.54. The molecule has 1 saturated heterocycles. The van der Waals surface area contributed by atoms with Gasteiger partial charge in [-0.15, -0.1) is 0 Å². The summed E-state index contributed by atoms with van der Waals surface area (Å²) in [6, 6.07) is 9.24. The van der Waals surface area contributed by atoms with Crippen LogP contribution < -0.4 is 5.32 Å². The molecule has 0 spiro atoms. The minimum absolute atomic E-state index is 0.0834. The maximum Gasteiger partial charge on any atom is 0.291 e. The van der Waals surface area contributed by atoms with Gasteiger partial charge in [0.2, 0.25) is 0 Å². The minimum atomic E-state index is -0.307. The third-order valence-corrected chi connectivity index (χ3v) is 5.98. The molecule has 1 N–H and O–H groups in total. The van der Waals surface area contributed by atoms with Crippen LogP contribution in [0.3, 0.4) is 0 Å². The number of carbonyl (C=O) groups is 2. The summed E-state index contributed by atoms with van der Waals surface area (Å²) >= 11 is 0. The zero-order valence-corrected chi connectivity index (χ0v) is 15.7. The molecule has 0 unspecified atom stereocenters. The van der Waals surface area contributed by atoms with Crippen LogP contribution in [0, 0.1) is 12.8 Å². The molecule has 2 fully saturated rings. The zero-order valence-electron chi connectivity index (χ0n) is 15.7. The first kappa shape index (κ1) is 17.8. The van der Waals surface area contributed by atoms with E-state index in [1.165, 1.54) is 31.9 Å². The predicted molar refractivity (Wildman–Crippen MR) is 104 cm³/mol. The lowest BCUT2D eigenvalue weighted by Crippen LogP contribution is -2.49. The number of rotatable bonds is 3. The highest BCUT2D eigenvalue weighted by atomic mass is 16.3. The topological polar surface area (TPSA) is 62.6 Å². The number of nitrogens with one attached hydrogen (secondary N) is 1. The number of benzene rings is 1. The van der Waals surface area contributed by atoms with E-state index in [0.29, 0.717) is 23.2 Å². The first-order valence-electron chi connectivity index (χ1n) is 9.90. The van der Waals surface area contributed by atoms with Crippen molar-refractivity contribution in [3.63, 3.8) is 0 Å². The summed E-state index contributed by atoms with van der Waals surface area (Å²) < 4.78 is 5.15. The van der Waals surface area contributed by atoms with Gasteiger partial charge in [0.05, 0.1) is 6.26 Å². The fourth-order valence-corrected chi connectivity index (χ4v) is 4.52. The molecule has 2 aliphatic rings. The highest BCUT2D eigenvalue weighted by molar-refractivity contribution is 6.04. The summed E-state index contributed by atoms with van der Waals surface area (Å²) in [6.45, 7) is 2.76. The quantitative estimate of drug-likeness (QED) is 0.861. The van der Waals surface area contributed by atoms with E-state index < -0.39 is 0 Å². The van der Waals surface area contributed by atoms with E-state index in [1.54, 1.807) is 18.2 Å². The van der Waals surface area contributed by atoms with Crippen LogP contribution in [0.4, 0.5) is 5.69 Å². The minimum Gasteiger partial charge on any atom is -0.459 e. The Hall–Kier alpha value is -2.56. The maximum atomic E-state index is 13.2. The Morgan fingerprint density at radius 1 is 1.11 bits per heavy atom. The smallest absolute Gasteiger partial charge is 0.291 e. The van der Waals surface area contributed by atoms with Gasteiger partial charge in [-0.25, -0.2) is 0 Å². The molecule has 27 heavy (non-hydrogen) atoms. The number of carbonyl (C=O) groups excluding carboxylic acids is 2. The van der Waals surface area contributed by atoms with Gasteiger partial charge in [-0.2, -0.15) is 0 Å². The first-order valence-corrected chi connectivity index (χ1v) is 9.90. The Labute approximate surface area is 159 Å². The van der Waals surface area contributed by atoms with Crippen molar-refractivity contribution in [2.75, 3.05) is 11.9 Å². The largest absolute Gasteiger partial charge is 0.459 e. The van der Waals surface area contributed by atoms with E-state index in [0.717, 1.165) is 24.9 Å². The number of fused-ring (bicyclic) bond motifs is 1. The number of hydrogen-bond acceptors (Lipinski definition) is 3. The predicted octanol–water partition coefficient (Wildman–Crippen LogP) is 4.64. The van der Waals surface area contributed by atoms with Crippen molar-refractivity contribution in [2.24, 2.45) is 5.92 Å². The third-order valence-electron chi connectivity index (χ3n) is 5.98. The van der Waals surface area contributed by atoms with Gasteiger partial charge < -0.3 is 14.6 Å². The molecular weight excluding hydrogens is 340 g/mol. The normalized spacial score (nSPS) is 22.2. The molecule has 5 nitrogen and oxygen atoms in total. The van der Waals surface area contributed by atoms with Gasteiger partial charge in [-0.3, -0.25) is 9.59 Å². The van der Waals surface area contributed by atoms with Crippen LogP contribution >= 0.6 is 0 Å². The molecule has 0 radical (unpaired) electrons. The number of furan rings is 1. The number of hydrogen-bond donors (Lipinski definition) is 1. The van der Waals surface area contributed by atoms with Crippen molar-refractivity contribution in [1.82, 2.24) is 4.90 Å². The average molecular weight is 366 g/mol. The fourth-order valence-electron chi connectivity index (χ4n) is 4.52. The van der Waals surface area contributed by atoms with Gasteiger partial charge in [0.1, 0.15) is 0 Å². The van der Waals surface area contributed by atoms with Crippen molar-refractivity contribution >= 4 is 17.5 Å². The van der Waals surface area contributed by atoms with Crippen LogP contribution in [-0.2, 0) is 0 Å². The van der Waals surface area contributed by atoms with Crippen LogP contribution in [0.25, 0.3) is 0 Å². The Morgan fingerprint density at radius 2 is 1.93 bits per heavy atom. The highest BCUT2D eigenvalue weighted by Crippen LogP contribution is 2.36. The Bertz CT molecular complexity index is 826. The van der Waals surface area contributed by atoms with Gasteiger partial charge in [-0.1, -0.05) is 18.9 Å². The van der Waals surface area contributed by atoms with E-state index in [2.05, 4.69) is 10.2 Å². The molecule has 1 aromatic carbocycles. The number of aryl methyl sites for hydroxylation is 1. The highest BCUT2D eigenvalue weighted by Gasteiger charge is 2.36. The zero-order chi connectivity index (χ0) is 18.8. The second-order valence-corrected chi connectivity index (χ2v) is 7.71. The molecule has 1 aliphatic carbocycles. The molecule has 2 amide bonds. The van der Waals surface area contributed by atoms with Gasteiger partial charge in [-0.05, 0) is 68.4 Å². The molecule has 1 saturated carbocycles. The van der Waals surface area contributed by atoms with Crippen LogP contribution in [0.2, 0.25) is 0 Å². The van der Waals surface area contributed by atoms with Crippen molar-refractivity contribution in [1.29, 1.82) is 0 Å². The summed E-state index contributed by atoms with van der Waals surface area (Å²) in [7, 11) is 0. The van der Waals surface area contributed by atoms with Gasteiger partial charge >= 0.3 is 0 Å². The standard InChI is InChI=1S/C22H26N2O3/c1-15-10-11-17(14-18(15)23-21(25)20-9-5-13-27-20)22(26)24-12-4-7-16-6-2-3-8-19(16)24/h5,9-11,13-14,16,19H,2-4,6-8,12H2,1H3,(H,23,25)/t16-,19+/m0/s1. The number of nitrogens with zero attached hydrogens (tertiary/aromatic N) is 1. The third kappa shape index (κ3) is 3.64. The number of amides is 2. The molecule has 142 valence electrons. The van der Waals surface area contributed by atoms with E-state index in [-0.39, 0.29) is 17.6 Å². The Morgan fingerprint density at radius 3 is 2.74 bits per heavy atom. The summed E-state index contributed by atoms with van der Waals surface area (Å²) in [5.41, 5.74) is 2.21. The molecule has 1 aromatic heterocycles. The number of likely N-dealkylation sites (tertiary alicyclic amines) is 1. The molecule has 5 heteroatoms. The van der Waals surface area contributed by atoms with Crippen LogP contribution in [-0.4, -0.2) is 29.3 Å². The molecule has 2 atom stereocenters. The fraction of sp³-hybridized carbons (Fsp3) is 0.455. The molecule has 4 rings (SSSR count). The molecule has 0 bridgehead atoms. The average Bonchev–Trinajstić information content (AvgIpc) is 3.24. The SMILES string of the molecule is Cc1ccc(C(=O)N2CCC[C@@H]3CCCC[C@H]32)cc1NC(=O)c1ccco1. The van der Waals surface area contributed by atoms with Crippen molar-refractivity contribution in [2.45, 2.75) is 51.5 Å².